The molecule has 3 aliphatic rings. The molecule has 2 N–H and O–H groups in total. The van der Waals surface area contributed by atoms with Gasteiger partial charge in [0.25, 0.3) is 5.91 Å². The molecule has 2 atom stereocenters. The molecule has 9 nitrogen and oxygen atoms in total. The minimum Gasteiger partial charge on any atom is -0.496 e. The molecule has 2 fully saturated rings. The Bertz CT molecular complexity index is 1600. The smallest absolute Gasteiger partial charge is 0.264 e. The van der Waals surface area contributed by atoms with Crippen LogP contribution < -0.4 is 14.2 Å². The molecular weight excluding hydrogens is 566 g/mol. The average molecular weight is 610 g/mol. The molecule has 2 aliphatic heterocycles. The van der Waals surface area contributed by atoms with Gasteiger partial charge in [0.15, 0.2) is 0 Å². The van der Waals surface area contributed by atoms with E-state index in [0.29, 0.717) is 31.7 Å². The van der Waals surface area contributed by atoms with Crippen LogP contribution in [0.25, 0.3) is 10.9 Å². The Hall–Kier alpha value is -3.08. The number of aryl methyl sites for hydroxylation is 1. The van der Waals surface area contributed by atoms with Crippen molar-refractivity contribution in [3.05, 3.63) is 58.8 Å². The lowest BCUT2D eigenvalue weighted by Gasteiger charge is -2.40. The third-order valence-electron chi connectivity index (χ3n) is 9.47. The largest absolute Gasteiger partial charge is 0.496 e. The number of likely N-dealkylation sites (tertiary alicyclic amines) is 1. The number of carbonyl (C=O) groups excluding carboxylic acids is 1. The maximum atomic E-state index is 13.2. The van der Waals surface area contributed by atoms with Crippen molar-refractivity contribution >= 4 is 26.8 Å². The van der Waals surface area contributed by atoms with Gasteiger partial charge in [-0.25, -0.2) is 13.1 Å². The molecule has 0 spiro atoms. The fraction of sp³-hybridized carbons (Fsp3) is 0.545. The monoisotopic (exact) mass is 609 g/mol. The summed E-state index contributed by atoms with van der Waals surface area (Å²) in [5.41, 5.74) is 4.64. The number of methoxy groups -OCH3 is 1. The number of sulfonamides is 1. The average Bonchev–Trinajstić information content (AvgIpc) is 3.56. The van der Waals surface area contributed by atoms with Crippen LogP contribution in [-0.4, -0.2) is 61.9 Å². The minimum absolute atomic E-state index is 0.0271. The third-order valence-corrected chi connectivity index (χ3v) is 11.6. The Morgan fingerprint density at radius 2 is 1.93 bits per heavy atom. The van der Waals surface area contributed by atoms with E-state index in [9.17, 15) is 13.2 Å². The second-order valence-electron chi connectivity index (χ2n) is 12.5. The van der Waals surface area contributed by atoms with Crippen LogP contribution in [0.4, 0.5) is 0 Å². The van der Waals surface area contributed by atoms with Crippen LogP contribution in [0.5, 0.6) is 11.5 Å². The molecule has 1 saturated carbocycles. The minimum atomic E-state index is -3.75. The summed E-state index contributed by atoms with van der Waals surface area (Å²) in [4.78, 5) is 19.0. The molecule has 1 aliphatic carbocycles. The summed E-state index contributed by atoms with van der Waals surface area (Å²) in [5.74, 6) is 0.866. The zero-order valence-corrected chi connectivity index (χ0v) is 26.2. The summed E-state index contributed by atoms with van der Waals surface area (Å²) < 4.78 is 45.6. The van der Waals surface area contributed by atoms with Crippen molar-refractivity contribution in [2.24, 2.45) is 0 Å². The van der Waals surface area contributed by atoms with Crippen LogP contribution in [-0.2, 0) is 21.3 Å². The number of aromatic nitrogens is 1. The van der Waals surface area contributed by atoms with E-state index >= 15 is 0 Å². The van der Waals surface area contributed by atoms with Gasteiger partial charge in [-0.15, -0.1) is 0 Å². The highest BCUT2D eigenvalue weighted by molar-refractivity contribution is 7.91. The fourth-order valence-corrected chi connectivity index (χ4v) is 7.69. The van der Waals surface area contributed by atoms with Gasteiger partial charge in [-0.1, -0.05) is 12.5 Å². The highest BCUT2D eigenvalue weighted by Crippen LogP contribution is 2.43. The molecule has 10 heteroatoms. The van der Waals surface area contributed by atoms with Gasteiger partial charge in [-0.05, 0) is 88.6 Å². The Morgan fingerprint density at radius 3 is 2.70 bits per heavy atom. The number of hydrogen-bond acceptors (Lipinski definition) is 7. The first kappa shape index (κ1) is 30.0. The van der Waals surface area contributed by atoms with Crippen molar-refractivity contribution in [3.63, 3.8) is 0 Å². The van der Waals surface area contributed by atoms with Crippen LogP contribution in [0.2, 0.25) is 0 Å². The fourth-order valence-electron chi connectivity index (χ4n) is 6.44. The van der Waals surface area contributed by atoms with E-state index in [4.69, 9.17) is 14.2 Å². The van der Waals surface area contributed by atoms with E-state index in [1.807, 2.05) is 12.3 Å². The van der Waals surface area contributed by atoms with Crippen molar-refractivity contribution in [2.75, 3.05) is 26.9 Å². The van der Waals surface area contributed by atoms with E-state index in [-0.39, 0.29) is 17.7 Å². The number of rotatable bonds is 6. The molecule has 2 aromatic carbocycles. The van der Waals surface area contributed by atoms with Crippen molar-refractivity contribution in [2.45, 2.75) is 88.7 Å². The zero-order valence-electron chi connectivity index (χ0n) is 25.4. The third kappa shape index (κ3) is 6.14. The van der Waals surface area contributed by atoms with Gasteiger partial charge in [0.05, 0.1) is 24.6 Å². The first-order chi connectivity index (χ1) is 20.7. The second kappa shape index (κ2) is 12.1. The van der Waals surface area contributed by atoms with E-state index in [1.54, 1.807) is 26.2 Å². The molecular formula is C33H43N3O6S. The van der Waals surface area contributed by atoms with Crippen LogP contribution in [0.1, 0.15) is 91.4 Å². The second-order valence-corrected chi connectivity index (χ2v) is 14.7. The normalized spacial score (nSPS) is 22.8. The molecule has 1 saturated heterocycles. The number of carbonyl (C=O) groups is 1. The number of nitrogens with zero attached hydrogens (tertiary/aromatic N) is 1. The van der Waals surface area contributed by atoms with E-state index in [0.717, 1.165) is 85.0 Å². The Kier molecular flexibility index (Phi) is 8.45. The van der Waals surface area contributed by atoms with Crippen LogP contribution in [0.15, 0.2) is 36.5 Å². The lowest BCUT2D eigenvalue weighted by molar-refractivity contribution is -0.0203. The molecule has 0 radical (unpaired) electrons. The van der Waals surface area contributed by atoms with Gasteiger partial charge >= 0.3 is 0 Å². The number of nitrogens with one attached hydrogen (secondary N) is 2. The number of amides is 1. The molecule has 6 rings (SSSR count). The number of piperidine rings is 1. The number of ether oxygens (including phenoxy) is 3. The van der Waals surface area contributed by atoms with Crippen LogP contribution in [0.3, 0.4) is 0 Å². The Morgan fingerprint density at radius 1 is 1.14 bits per heavy atom. The summed E-state index contributed by atoms with van der Waals surface area (Å²) in [5, 5.41) is 1.15. The van der Waals surface area contributed by atoms with Crippen molar-refractivity contribution in [3.8, 4) is 11.5 Å². The Labute approximate surface area is 254 Å². The van der Waals surface area contributed by atoms with Crippen LogP contribution in [0, 0.1) is 6.92 Å². The molecule has 1 aromatic heterocycles. The van der Waals surface area contributed by atoms with E-state index in [2.05, 4.69) is 33.7 Å². The molecule has 3 heterocycles. The number of fused-ring (bicyclic) bond motifs is 5. The number of aromatic amines is 1. The Balaban J connectivity index is 1.36. The lowest BCUT2D eigenvalue weighted by Crippen LogP contribution is -2.40. The molecule has 0 unspecified atom stereocenters. The number of hydrogen-bond donors (Lipinski definition) is 2. The van der Waals surface area contributed by atoms with Crippen LogP contribution >= 0.6 is 0 Å². The number of benzene rings is 2. The lowest BCUT2D eigenvalue weighted by atomic mass is 9.90. The van der Waals surface area contributed by atoms with Gasteiger partial charge < -0.3 is 19.2 Å². The summed E-state index contributed by atoms with van der Waals surface area (Å²) in [6.07, 6.45) is 8.97. The highest BCUT2D eigenvalue weighted by Gasteiger charge is 2.51. The summed E-state index contributed by atoms with van der Waals surface area (Å²) in [6.45, 7) is 6.55. The van der Waals surface area contributed by atoms with E-state index in [1.165, 1.54) is 0 Å². The summed E-state index contributed by atoms with van der Waals surface area (Å²) in [7, 11) is -2.03. The van der Waals surface area contributed by atoms with Gasteiger partial charge in [0.1, 0.15) is 11.5 Å². The molecule has 43 heavy (non-hydrogen) atoms. The molecule has 232 valence electrons. The zero-order chi connectivity index (χ0) is 30.2. The molecule has 3 aromatic rings. The van der Waals surface area contributed by atoms with Crippen molar-refractivity contribution in [1.29, 1.82) is 0 Å². The van der Waals surface area contributed by atoms with Gasteiger partial charge in [-0.2, -0.15) is 0 Å². The van der Waals surface area contributed by atoms with Crippen molar-refractivity contribution in [1.82, 2.24) is 14.6 Å². The van der Waals surface area contributed by atoms with Gasteiger partial charge in [0.2, 0.25) is 10.0 Å². The van der Waals surface area contributed by atoms with Gasteiger partial charge in [-0.3, -0.25) is 9.69 Å². The summed E-state index contributed by atoms with van der Waals surface area (Å²) in [6, 6.07) is 9.55. The quantitative estimate of drug-likeness (QED) is 0.365. The van der Waals surface area contributed by atoms with Crippen molar-refractivity contribution < 1.29 is 27.4 Å². The van der Waals surface area contributed by atoms with E-state index < -0.39 is 20.7 Å². The molecule has 2 bridgehead atoms. The van der Waals surface area contributed by atoms with Gasteiger partial charge in [0, 0.05) is 59.5 Å². The highest BCUT2D eigenvalue weighted by atomic mass is 32.2. The molecule has 1 amide bonds. The standard InChI is InChI=1S/C33H43N3O6S/c1-22-18-29(40-3)27(25-10-14-34-31(22)25)21-36-15-11-24-20-28(36)26-9-8-23(32(37)35-43(38,39)33(2)12-13-33)19-30(26)42-17-7-5-4-6-16-41-24/h8-10,14,18-19,24,28,34H,4-7,11-13,15-17,20-21H2,1-3H3,(H,35,37)/t24-,28-/m0/s1. The predicted octanol–water partition coefficient (Wildman–Crippen LogP) is 5.77. The summed E-state index contributed by atoms with van der Waals surface area (Å²) >= 11 is 0. The maximum absolute atomic E-state index is 13.2. The predicted molar refractivity (Wildman–Crippen MR) is 166 cm³/mol. The first-order valence-corrected chi connectivity index (χ1v) is 17.0. The number of H-pyrrole nitrogens is 1. The maximum Gasteiger partial charge on any atom is 0.264 e. The topological polar surface area (TPSA) is 110 Å². The SMILES string of the molecule is COc1cc(C)c2[nH]ccc2c1CN1CC[C@H]2C[C@H]1c1ccc(C(=O)NS(=O)(=O)C3(C)CC3)cc1OCCCCCCO2. The first-order valence-electron chi connectivity index (χ1n) is 15.5.